The van der Waals surface area contributed by atoms with Crippen molar-refractivity contribution in [2.24, 2.45) is 7.05 Å². The SMILES string of the molecule is CCC(Sc1ncnc2c1cnn2C)C(=O)NCc1ccccc1. The zero-order valence-corrected chi connectivity index (χ0v) is 14.5. The molecular formula is C17H19N5OS. The van der Waals surface area contributed by atoms with Gasteiger partial charge >= 0.3 is 0 Å². The molecule has 7 heteroatoms. The Balaban J connectivity index is 1.70. The first-order valence-electron chi connectivity index (χ1n) is 7.80. The first kappa shape index (κ1) is 16.4. The highest BCUT2D eigenvalue weighted by Gasteiger charge is 2.20. The topological polar surface area (TPSA) is 72.7 Å². The summed E-state index contributed by atoms with van der Waals surface area (Å²) in [6.07, 6.45) is 3.98. The van der Waals surface area contributed by atoms with Crippen LogP contribution in [-0.4, -0.2) is 30.9 Å². The minimum absolute atomic E-state index is 0.0157. The third kappa shape index (κ3) is 3.56. The smallest absolute Gasteiger partial charge is 0.233 e. The summed E-state index contributed by atoms with van der Waals surface area (Å²) in [7, 11) is 1.84. The quantitative estimate of drug-likeness (QED) is 0.551. The first-order valence-corrected chi connectivity index (χ1v) is 8.68. The van der Waals surface area contributed by atoms with Gasteiger partial charge in [0.15, 0.2) is 5.65 Å². The lowest BCUT2D eigenvalue weighted by molar-refractivity contribution is -0.120. The molecule has 0 saturated heterocycles. The summed E-state index contributed by atoms with van der Waals surface area (Å²) in [6.45, 7) is 2.53. The standard InChI is InChI=1S/C17H19N5OS/c1-3-14(16(23)18-9-12-7-5-4-6-8-12)24-17-13-10-21-22(2)15(13)19-11-20-17/h4-8,10-11,14H,3,9H2,1-2H3,(H,18,23). The maximum atomic E-state index is 12.5. The van der Waals surface area contributed by atoms with Gasteiger partial charge in [-0.15, -0.1) is 0 Å². The Morgan fingerprint density at radius 2 is 2.08 bits per heavy atom. The fourth-order valence-corrected chi connectivity index (χ4v) is 3.40. The number of benzene rings is 1. The lowest BCUT2D eigenvalue weighted by Gasteiger charge is -2.14. The zero-order chi connectivity index (χ0) is 16.9. The van der Waals surface area contributed by atoms with Crippen LogP contribution >= 0.6 is 11.8 Å². The molecule has 0 aliphatic rings. The van der Waals surface area contributed by atoms with Crippen LogP contribution in [0.25, 0.3) is 11.0 Å². The molecule has 1 aromatic carbocycles. The normalized spacial score (nSPS) is 12.2. The van der Waals surface area contributed by atoms with Crippen LogP contribution in [0.1, 0.15) is 18.9 Å². The number of aryl methyl sites for hydroxylation is 1. The fraction of sp³-hybridized carbons (Fsp3) is 0.294. The van der Waals surface area contributed by atoms with E-state index >= 15 is 0 Å². The average molecular weight is 341 g/mol. The molecule has 3 rings (SSSR count). The van der Waals surface area contributed by atoms with E-state index < -0.39 is 0 Å². The molecule has 0 fully saturated rings. The number of hydrogen-bond acceptors (Lipinski definition) is 5. The maximum Gasteiger partial charge on any atom is 0.233 e. The molecule has 0 radical (unpaired) electrons. The second-order valence-corrected chi connectivity index (χ2v) is 6.59. The van der Waals surface area contributed by atoms with Crippen LogP contribution in [0.4, 0.5) is 0 Å². The molecule has 0 saturated carbocycles. The predicted molar refractivity (Wildman–Crippen MR) is 94.5 cm³/mol. The zero-order valence-electron chi connectivity index (χ0n) is 13.6. The second-order valence-electron chi connectivity index (χ2n) is 5.40. The van der Waals surface area contributed by atoms with E-state index in [9.17, 15) is 4.79 Å². The summed E-state index contributed by atoms with van der Waals surface area (Å²) >= 11 is 1.46. The summed E-state index contributed by atoms with van der Waals surface area (Å²) in [5.41, 5.74) is 1.86. The summed E-state index contributed by atoms with van der Waals surface area (Å²) in [5.74, 6) is 0.0157. The summed E-state index contributed by atoms with van der Waals surface area (Å²) < 4.78 is 1.71. The van der Waals surface area contributed by atoms with Crippen molar-refractivity contribution in [1.82, 2.24) is 25.1 Å². The van der Waals surface area contributed by atoms with Crippen molar-refractivity contribution in [2.45, 2.75) is 30.2 Å². The third-order valence-corrected chi connectivity index (χ3v) is 5.10. The van der Waals surface area contributed by atoms with Gasteiger partial charge < -0.3 is 5.32 Å². The summed E-state index contributed by atoms with van der Waals surface area (Å²) in [5, 5.41) is 8.67. The molecule has 3 aromatic rings. The van der Waals surface area contributed by atoms with Crippen LogP contribution in [-0.2, 0) is 18.4 Å². The average Bonchev–Trinajstić information content (AvgIpc) is 3.00. The highest BCUT2D eigenvalue weighted by Crippen LogP contribution is 2.29. The predicted octanol–water partition coefficient (Wildman–Crippen LogP) is 2.55. The van der Waals surface area contributed by atoms with E-state index in [0.29, 0.717) is 6.54 Å². The number of thioether (sulfide) groups is 1. The van der Waals surface area contributed by atoms with E-state index in [0.717, 1.165) is 28.0 Å². The Kier molecular flexibility index (Phi) is 5.10. The lowest BCUT2D eigenvalue weighted by Crippen LogP contribution is -2.31. The van der Waals surface area contributed by atoms with Gasteiger partial charge in [0, 0.05) is 13.6 Å². The van der Waals surface area contributed by atoms with Crippen LogP contribution in [0.3, 0.4) is 0 Å². The summed E-state index contributed by atoms with van der Waals surface area (Å²) in [6, 6.07) is 9.89. The fourth-order valence-electron chi connectivity index (χ4n) is 2.39. The molecular weight excluding hydrogens is 322 g/mol. The minimum Gasteiger partial charge on any atom is -0.351 e. The number of nitrogens with one attached hydrogen (secondary N) is 1. The van der Waals surface area contributed by atoms with Crippen molar-refractivity contribution in [3.8, 4) is 0 Å². The number of nitrogens with zero attached hydrogens (tertiary/aromatic N) is 4. The van der Waals surface area contributed by atoms with E-state index in [4.69, 9.17) is 0 Å². The Morgan fingerprint density at radius 1 is 1.29 bits per heavy atom. The maximum absolute atomic E-state index is 12.5. The molecule has 1 atom stereocenters. The first-order chi connectivity index (χ1) is 11.7. The number of hydrogen-bond donors (Lipinski definition) is 1. The van der Waals surface area contributed by atoms with Gasteiger partial charge in [0.1, 0.15) is 11.4 Å². The van der Waals surface area contributed by atoms with Crippen molar-refractivity contribution in [3.63, 3.8) is 0 Å². The van der Waals surface area contributed by atoms with Crippen molar-refractivity contribution in [1.29, 1.82) is 0 Å². The highest BCUT2D eigenvalue weighted by molar-refractivity contribution is 8.00. The molecule has 0 spiro atoms. The molecule has 2 aromatic heterocycles. The van der Waals surface area contributed by atoms with Gasteiger partial charge in [-0.3, -0.25) is 9.48 Å². The lowest BCUT2D eigenvalue weighted by atomic mass is 10.2. The van der Waals surface area contributed by atoms with Crippen molar-refractivity contribution in [2.75, 3.05) is 0 Å². The van der Waals surface area contributed by atoms with Crippen molar-refractivity contribution >= 4 is 28.7 Å². The molecule has 24 heavy (non-hydrogen) atoms. The van der Waals surface area contributed by atoms with E-state index in [1.807, 2.05) is 44.3 Å². The number of rotatable bonds is 6. The van der Waals surface area contributed by atoms with Crippen molar-refractivity contribution < 1.29 is 4.79 Å². The third-order valence-electron chi connectivity index (χ3n) is 3.72. The monoisotopic (exact) mass is 341 g/mol. The van der Waals surface area contributed by atoms with E-state index in [1.165, 1.54) is 18.1 Å². The van der Waals surface area contributed by atoms with Gasteiger partial charge in [-0.05, 0) is 12.0 Å². The molecule has 2 heterocycles. The Hall–Kier alpha value is -2.41. The van der Waals surface area contributed by atoms with E-state index in [-0.39, 0.29) is 11.2 Å². The molecule has 0 aliphatic carbocycles. The van der Waals surface area contributed by atoms with Crippen LogP contribution in [0.5, 0.6) is 0 Å². The van der Waals surface area contributed by atoms with Gasteiger partial charge in [0.2, 0.25) is 5.91 Å². The Morgan fingerprint density at radius 3 is 2.83 bits per heavy atom. The Labute approximate surface area is 144 Å². The van der Waals surface area contributed by atoms with Gasteiger partial charge in [-0.1, -0.05) is 49.0 Å². The molecule has 0 bridgehead atoms. The number of carbonyl (C=O) groups excluding carboxylic acids is 1. The van der Waals surface area contributed by atoms with Gasteiger partial charge in [0.25, 0.3) is 0 Å². The number of fused-ring (bicyclic) bond motifs is 1. The number of carbonyl (C=O) groups is 1. The van der Waals surface area contributed by atoms with Gasteiger partial charge in [0.05, 0.1) is 16.8 Å². The number of aromatic nitrogens is 4. The largest absolute Gasteiger partial charge is 0.351 e. The van der Waals surface area contributed by atoms with Crippen LogP contribution < -0.4 is 5.32 Å². The number of amides is 1. The second kappa shape index (κ2) is 7.44. The molecule has 0 aliphatic heterocycles. The van der Waals surface area contributed by atoms with Gasteiger partial charge in [-0.25, -0.2) is 9.97 Å². The van der Waals surface area contributed by atoms with Crippen LogP contribution in [0.2, 0.25) is 0 Å². The minimum atomic E-state index is -0.202. The van der Waals surface area contributed by atoms with Crippen LogP contribution in [0.15, 0.2) is 47.9 Å². The molecule has 1 unspecified atom stereocenters. The summed E-state index contributed by atoms with van der Waals surface area (Å²) in [4.78, 5) is 21.1. The van der Waals surface area contributed by atoms with Gasteiger partial charge in [-0.2, -0.15) is 5.10 Å². The molecule has 124 valence electrons. The molecule has 1 amide bonds. The molecule has 1 N–H and O–H groups in total. The molecule has 6 nitrogen and oxygen atoms in total. The van der Waals surface area contributed by atoms with E-state index in [1.54, 1.807) is 10.9 Å². The van der Waals surface area contributed by atoms with E-state index in [2.05, 4.69) is 20.4 Å². The highest BCUT2D eigenvalue weighted by atomic mass is 32.2. The van der Waals surface area contributed by atoms with Crippen molar-refractivity contribution in [3.05, 3.63) is 48.4 Å². The Bertz CT molecular complexity index is 833. The van der Waals surface area contributed by atoms with Crippen LogP contribution in [0, 0.1) is 0 Å².